The van der Waals surface area contributed by atoms with Crippen LogP contribution in [0.25, 0.3) is 0 Å². The van der Waals surface area contributed by atoms with Crippen molar-refractivity contribution in [2.45, 2.75) is 6.61 Å². The summed E-state index contributed by atoms with van der Waals surface area (Å²) in [5, 5.41) is 6.18. The van der Waals surface area contributed by atoms with Crippen molar-refractivity contribution in [1.82, 2.24) is 15.5 Å². The number of benzene rings is 1. The fraction of sp³-hybridized carbons (Fsp3) is 0.588. The molecule has 1 heterocycles. The minimum absolute atomic E-state index is 0. The highest BCUT2D eigenvalue weighted by Crippen LogP contribution is 2.12. The standard InChI is InChI=1S/C17H26FN3O3.ClH/c1-23-10-11-24-13-15-12-14(2-3-16(15)18)17(22)20-6-9-21-7-4-19-5-8-21;/h2-3,12,19H,4-11,13H2,1H3,(H,20,22);1H. The summed E-state index contributed by atoms with van der Waals surface area (Å²) in [6.07, 6.45) is 0. The molecule has 1 amide bonds. The average molecular weight is 376 g/mol. The zero-order chi connectivity index (χ0) is 17.2. The van der Waals surface area contributed by atoms with E-state index in [0.717, 1.165) is 32.7 Å². The number of hydrogen-bond acceptors (Lipinski definition) is 5. The summed E-state index contributed by atoms with van der Waals surface area (Å²) in [5.41, 5.74) is 0.822. The molecule has 1 aromatic carbocycles. The van der Waals surface area contributed by atoms with Gasteiger partial charge in [0.05, 0.1) is 19.8 Å². The van der Waals surface area contributed by atoms with Gasteiger partial charge in [-0.2, -0.15) is 0 Å². The molecule has 0 radical (unpaired) electrons. The number of nitrogens with one attached hydrogen (secondary N) is 2. The predicted octanol–water partition coefficient (Wildman–Crippen LogP) is 1.05. The van der Waals surface area contributed by atoms with Gasteiger partial charge in [0.1, 0.15) is 5.82 Å². The molecule has 1 aliphatic rings. The van der Waals surface area contributed by atoms with Gasteiger partial charge in [0, 0.05) is 57.5 Å². The van der Waals surface area contributed by atoms with Crippen LogP contribution in [0.5, 0.6) is 0 Å². The van der Waals surface area contributed by atoms with Gasteiger partial charge in [-0.05, 0) is 18.2 Å². The van der Waals surface area contributed by atoms with Crippen LogP contribution in [0.15, 0.2) is 18.2 Å². The molecule has 0 spiro atoms. The fourth-order valence-electron chi connectivity index (χ4n) is 2.52. The molecule has 1 aromatic rings. The molecule has 1 aliphatic heterocycles. The van der Waals surface area contributed by atoms with Crippen LogP contribution in [0, 0.1) is 5.82 Å². The molecule has 0 bridgehead atoms. The van der Waals surface area contributed by atoms with Gasteiger partial charge in [-0.15, -0.1) is 12.4 Å². The molecule has 142 valence electrons. The van der Waals surface area contributed by atoms with Gasteiger partial charge in [-0.1, -0.05) is 0 Å². The first-order chi connectivity index (χ1) is 11.7. The van der Waals surface area contributed by atoms with Gasteiger partial charge in [0.15, 0.2) is 0 Å². The molecule has 25 heavy (non-hydrogen) atoms. The monoisotopic (exact) mass is 375 g/mol. The largest absolute Gasteiger partial charge is 0.382 e. The molecule has 1 fully saturated rings. The Morgan fingerprint density at radius 1 is 1.32 bits per heavy atom. The van der Waals surface area contributed by atoms with Gasteiger partial charge in [-0.25, -0.2) is 4.39 Å². The molecule has 0 saturated carbocycles. The maximum Gasteiger partial charge on any atom is 0.251 e. The molecule has 2 rings (SSSR count). The van der Waals surface area contributed by atoms with E-state index in [-0.39, 0.29) is 30.7 Å². The van der Waals surface area contributed by atoms with E-state index in [1.807, 2.05) is 0 Å². The second-order valence-electron chi connectivity index (χ2n) is 5.70. The van der Waals surface area contributed by atoms with Gasteiger partial charge >= 0.3 is 0 Å². The smallest absolute Gasteiger partial charge is 0.251 e. The minimum atomic E-state index is -0.371. The van der Waals surface area contributed by atoms with Crippen LogP contribution in [0.3, 0.4) is 0 Å². The second-order valence-corrected chi connectivity index (χ2v) is 5.70. The highest BCUT2D eigenvalue weighted by molar-refractivity contribution is 5.94. The Morgan fingerprint density at radius 3 is 2.80 bits per heavy atom. The number of nitrogens with zero attached hydrogens (tertiary/aromatic N) is 1. The molecule has 6 nitrogen and oxygen atoms in total. The Bertz CT molecular complexity index is 528. The first kappa shape index (κ1) is 21.8. The molecule has 1 saturated heterocycles. The lowest BCUT2D eigenvalue weighted by atomic mass is 10.1. The summed E-state index contributed by atoms with van der Waals surface area (Å²) in [6.45, 7) is 6.32. The first-order valence-electron chi connectivity index (χ1n) is 8.27. The van der Waals surface area contributed by atoms with E-state index in [0.29, 0.717) is 30.9 Å². The van der Waals surface area contributed by atoms with Crippen molar-refractivity contribution in [3.8, 4) is 0 Å². The van der Waals surface area contributed by atoms with E-state index in [2.05, 4.69) is 15.5 Å². The normalized spacial score (nSPS) is 14.8. The number of hydrogen-bond donors (Lipinski definition) is 2. The van der Waals surface area contributed by atoms with E-state index in [9.17, 15) is 9.18 Å². The number of carbonyl (C=O) groups excluding carboxylic acids is 1. The zero-order valence-corrected chi connectivity index (χ0v) is 15.4. The van der Waals surface area contributed by atoms with Crippen LogP contribution in [0.1, 0.15) is 15.9 Å². The van der Waals surface area contributed by atoms with Crippen molar-refractivity contribution in [1.29, 1.82) is 0 Å². The topological polar surface area (TPSA) is 62.8 Å². The lowest BCUT2D eigenvalue weighted by Crippen LogP contribution is -2.46. The lowest BCUT2D eigenvalue weighted by Gasteiger charge is -2.27. The molecule has 0 aromatic heterocycles. The van der Waals surface area contributed by atoms with Crippen molar-refractivity contribution < 1.29 is 18.7 Å². The minimum Gasteiger partial charge on any atom is -0.382 e. The molecule has 2 N–H and O–H groups in total. The number of ether oxygens (including phenoxy) is 2. The number of piperazine rings is 1. The SMILES string of the molecule is COCCOCc1cc(C(=O)NCCN2CCNCC2)ccc1F.Cl. The maximum atomic E-state index is 13.8. The van der Waals surface area contributed by atoms with Crippen LogP contribution in [-0.4, -0.2) is 70.4 Å². The molecular weight excluding hydrogens is 349 g/mol. The Labute approximate surface area is 154 Å². The lowest BCUT2D eigenvalue weighted by molar-refractivity contribution is 0.0604. The van der Waals surface area contributed by atoms with E-state index in [4.69, 9.17) is 9.47 Å². The summed E-state index contributed by atoms with van der Waals surface area (Å²) in [7, 11) is 1.58. The van der Waals surface area contributed by atoms with Gasteiger partial charge in [-0.3, -0.25) is 9.69 Å². The Hall–Kier alpha value is -1.25. The van der Waals surface area contributed by atoms with Crippen molar-refractivity contribution in [2.75, 3.05) is 59.6 Å². The van der Waals surface area contributed by atoms with Crippen LogP contribution >= 0.6 is 12.4 Å². The van der Waals surface area contributed by atoms with Gasteiger partial charge in [0.25, 0.3) is 5.91 Å². The fourth-order valence-corrected chi connectivity index (χ4v) is 2.52. The van der Waals surface area contributed by atoms with Gasteiger partial charge in [0.2, 0.25) is 0 Å². The summed E-state index contributed by atoms with van der Waals surface area (Å²) >= 11 is 0. The van der Waals surface area contributed by atoms with E-state index >= 15 is 0 Å². The molecule has 8 heteroatoms. The number of carbonyl (C=O) groups is 1. The first-order valence-corrected chi connectivity index (χ1v) is 8.27. The van der Waals surface area contributed by atoms with Crippen LogP contribution in [0.2, 0.25) is 0 Å². The zero-order valence-electron chi connectivity index (χ0n) is 14.6. The summed E-state index contributed by atoms with van der Waals surface area (Å²) in [4.78, 5) is 14.5. The van der Waals surface area contributed by atoms with Gasteiger partial charge < -0.3 is 20.1 Å². The Kier molecular flexibility index (Phi) is 10.6. The molecule has 0 aliphatic carbocycles. The number of amides is 1. The van der Waals surface area contributed by atoms with E-state index in [1.165, 1.54) is 12.1 Å². The van der Waals surface area contributed by atoms with Crippen molar-refractivity contribution >= 4 is 18.3 Å². The highest BCUT2D eigenvalue weighted by atomic mass is 35.5. The molecule has 0 atom stereocenters. The third-order valence-electron chi connectivity index (χ3n) is 3.92. The molecular formula is C17H27ClFN3O3. The van der Waals surface area contributed by atoms with Crippen molar-refractivity contribution in [3.63, 3.8) is 0 Å². The van der Waals surface area contributed by atoms with E-state index < -0.39 is 0 Å². The third kappa shape index (κ3) is 7.66. The van der Waals surface area contributed by atoms with Crippen LogP contribution in [0.4, 0.5) is 4.39 Å². The summed E-state index contributed by atoms with van der Waals surface area (Å²) < 4.78 is 24.0. The van der Waals surface area contributed by atoms with Crippen LogP contribution < -0.4 is 10.6 Å². The number of halogens is 2. The van der Waals surface area contributed by atoms with Crippen LogP contribution in [-0.2, 0) is 16.1 Å². The number of methoxy groups -OCH3 is 1. The third-order valence-corrected chi connectivity index (χ3v) is 3.92. The van der Waals surface area contributed by atoms with E-state index in [1.54, 1.807) is 13.2 Å². The van der Waals surface area contributed by atoms with Crippen molar-refractivity contribution in [2.24, 2.45) is 0 Å². The second kappa shape index (κ2) is 12.2. The Morgan fingerprint density at radius 2 is 2.08 bits per heavy atom. The summed E-state index contributed by atoms with van der Waals surface area (Å²) in [6, 6.07) is 4.34. The number of rotatable bonds is 9. The quantitative estimate of drug-likeness (QED) is 0.632. The predicted molar refractivity (Wildman–Crippen MR) is 96.8 cm³/mol. The van der Waals surface area contributed by atoms with Crippen molar-refractivity contribution in [3.05, 3.63) is 35.1 Å². The average Bonchev–Trinajstić information content (AvgIpc) is 2.61. The Balaban J connectivity index is 0.00000312. The maximum absolute atomic E-state index is 13.8. The summed E-state index contributed by atoms with van der Waals surface area (Å²) in [5.74, 6) is -0.562. The molecule has 0 unspecified atom stereocenters. The highest BCUT2D eigenvalue weighted by Gasteiger charge is 2.12.